The molecule has 4 aliphatic carbocycles. The molecule has 12 heteroatoms. The van der Waals surface area contributed by atoms with E-state index in [1.807, 2.05) is 13.8 Å². The van der Waals surface area contributed by atoms with Gasteiger partial charge in [0, 0.05) is 24.2 Å². The highest BCUT2D eigenvalue weighted by Gasteiger charge is 2.73. The third-order valence-corrected chi connectivity index (χ3v) is 14.5. The van der Waals surface area contributed by atoms with Crippen molar-refractivity contribution in [2.24, 2.45) is 40.4 Å². The van der Waals surface area contributed by atoms with Crippen LogP contribution in [0.25, 0.3) is 0 Å². The molecule has 19 atom stereocenters. The summed E-state index contributed by atoms with van der Waals surface area (Å²) >= 11 is 0. The lowest BCUT2D eigenvalue weighted by atomic mass is 9.42. The van der Waals surface area contributed by atoms with Gasteiger partial charge in [0.15, 0.2) is 12.1 Å². The summed E-state index contributed by atoms with van der Waals surface area (Å²) in [7, 11) is 0. The highest BCUT2D eigenvalue weighted by atomic mass is 16.7. The topological polar surface area (TPSA) is 199 Å². The molecule has 0 bridgehead atoms. The first-order valence-corrected chi connectivity index (χ1v) is 17.1. The van der Waals surface area contributed by atoms with Crippen molar-refractivity contribution in [3.8, 4) is 0 Å². The van der Waals surface area contributed by atoms with Gasteiger partial charge in [-0.05, 0) is 74.5 Å². The van der Waals surface area contributed by atoms with Crippen molar-refractivity contribution in [2.45, 2.75) is 151 Å². The molecule has 45 heavy (non-hydrogen) atoms. The molecule has 7 aliphatic rings. The second kappa shape index (κ2) is 10.8. The molecule has 0 aromatic heterocycles. The molecule has 12 nitrogen and oxygen atoms in total. The Morgan fingerprint density at radius 1 is 0.844 bits per heavy atom. The molecule has 3 heterocycles. The van der Waals surface area contributed by atoms with Crippen LogP contribution in [0.15, 0.2) is 0 Å². The van der Waals surface area contributed by atoms with Crippen LogP contribution in [0.2, 0.25) is 0 Å². The molecular weight excluding hydrogens is 588 g/mol. The minimum atomic E-state index is -1.51. The summed E-state index contributed by atoms with van der Waals surface area (Å²) in [6, 6.07) is 0. The fourth-order valence-corrected chi connectivity index (χ4v) is 11.9. The first-order valence-electron chi connectivity index (χ1n) is 17.1. The quantitative estimate of drug-likeness (QED) is 0.201. The van der Waals surface area contributed by atoms with Crippen molar-refractivity contribution in [1.82, 2.24) is 0 Å². The Labute approximate surface area is 264 Å². The number of aliphatic hydroxyl groups excluding tert-OH is 7. The van der Waals surface area contributed by atoms with E-state index >= 15 is 0 Å². The Morgan fingerprint density at radius 2 is 1.58 bits per heavy atom. The molecule has 7 fully saturated rings. The van der Waals surface area contributed by atoms with Crippen LogP contribution in [0.4, 0.5) is 0 Å². The number of ether oxygens (including phenoxy) is 4. The maximum atomic E-state index is 11.8. The standard InChI is InChI=1S/C33H54O12/c1-15-22-20(44-33(15)10-9-29(2,45-33)14-42-28-26(39)25(38)24(37)21(13-34)43-28)11-18-16-5-8-32(41)12-19(35)23(36)27(40)31(32,4)17(16)6-7-30(18,22)3/h15-28,34-41H,5-14H2,1-4H3/t15-,16+,17-,18-,19-,20-,21+,22-,23+,24+,25-,26+,27-,28+,29-,30-,31-,32+,33-/m0/s1. The van der Waals surface area contributed by atoms with Crippen LogP contribution in [0.1, 0.15) is 79.1 Å². The van der Waals surface area contributed by atoms with Crippen LogP contribution < -0.4 is 0 Å². The average molecular weight is 643 g/mol. The lowest BCUT2D eigenvalue weighted by Crippen LogP contribution is -2.71. The average Bonchev–Trinajstić information content (AvgIpc) is 3.59. The van der Waals surface area contributed by atoms with Crippen molar-refractivity contribution >= 4 is 0 Å². The Balaban J connectivity index is 1.05. The van der Waals surface area contributed by atoms with Crippen LogP contribution in [-0.2, 0) is 18.9 Å². The minimum Gasteiger partial charge on any atom is -0.394 e. The first kappa shape index (κ1) is 33.0. The maximum Gasteiger partial charge on any atom is 0.186 e. The summed E-state index contributed by atoms with van der Waals surface area (Å²) in [5, 5.41) is 84.4. The van der Waals surface area contributed by atoms with E-state index in [9.17, 15) is 40.9 Å². The number of hydrogen-bond donors (Lipinski definition) is 8. The van der Waals surface area contributed by atoms with Crippen molar-refractivity contribution in [3.63, 3.8) is 0 Å². The number of fused-ring (bicyclic) bond motifs is 7. The molecule has 0 aromatic rings. The molecular formula is C33H54O12. The van der Waals surface area contributed by atoms with Gasteiger partial charge in [0.05, 0.1) is 42.7 Å². The van der Waals surface area contributed by atoms with Crippen LogP contribution in [0.3, 0.4) is 0 Å². The fraction of sp³-hybridized carbons (Fsp3) is 1.00. The van der Waals surface area contributed by atoms with Gasteiger partial charge < -0.3 is 59.8 Å². The van der Waals surface area contributed by atoms with E-state index in [0.717, 1.165) is 25.7 Å². The van der Waals surface area contributed by atoms with Gasteiger partial charge in [0.1, 0.15) is 30.5 Å². The molecule has 3 saturated heterocycles. The van der Waals surface area contributed by atoms with E-state index in [1.165, 1.54) is 0 Å². The van der Waals surface area contributed by atoms with Gasteiger partial charge >= 0.3 is 0 Å². The van der Waals surface area contributed by atoms with E-state index < -0.39 is 78.0 Å². The van der Waals surface area contributed by atoms with E-state index in [2.05, 4.69) is 13.8 Å². The minimum absolute atomic E-state index is 0.000210. The molecule has 258 valence electrons. The Bertz CT molecular complexity index is 1140. The lowest BCUT2D eigenvalue weighted by molar-refractivity contribution is -0.319. The van der Waals surface area contributed by atoms with Gasteiger partial charge in [-0.3, -0.25) is 0 Å². The third-order valence-electron chi connectivity index (χ3n) is 14.5. The van der Waals surface area contributed by atoms with Crippen molar-refractivity contribution in [1.29, 1.82) is 0 Å². The number of rotatable bonds is 4. The largest absolute Gasteiger partial charge is 0.394 e. The SMILES string of the molecule is C[C@H]1[C@H]2[C@H](C[C@H]3[C@@H]4CC[C@@]5(O)C[C@H](O)[C@@H](O)[C@H](O)[C@]5(C)[C@H]4CC[C@]23C)O[C@]12CC[C@@](C)(CO[C@@H]1O[C@H](CO)[C@@H](O)[C@H](O)[C@H]1O)O2. The highest BCUT2D eigenvalue weighted by molar-refractivity contribution is 5.21. The summed E-state index contributed by atoms with van der Waals surface area (Å²) in [6.07, 6.45) is -4.99. The molecule has 1 spiro atoms. The molecule has 0 radical (unpaired) electrons. The van der Waals surface area contributed by atoms with Gasteiger partial charge in [-0.1, -0.05) is 20.8 Å². The van der Waals surface area contributed by atoms with Gasteiger partial charge in [0.2, 0.25) is 0 Å². The van der Waals surface area contributed by atoms with Crippen LogP contribution >= 0.6 is 0 Å². The van der Waals surface area contributed by atoms with E-state index in [-0.39, 0.29) is 48.2 Å². The van der Waals surface area contributed by atoms with E-state index in [4.69, 9.17) is 18.9 Å². The normalized spacial score (nSPS) is 62.4. The Morgan fingerprint density at radius 3 is 2.29 bits per heavy atom. The van der Waals surface area contributed by atoms with Crippen LogP contribution in [0, 0.1) is 40.4 Å². The molecule has 4 saturated carbocycles. The predicted molar refractivity (Wildman–Crippen MR) is 156 cm³/mol. The molecule has 0 unspecified atom stereocenters. The maximum absolute atomic E-state index is 11.8. The summed E-state index contributed by atoms with van der Waals surface area (Å²) in [6.45, 7) is 8.01. The fourth-order valence-electron chi connectivity index (χ4n) is 11.9. The second-order valence-corrected chi connectivity index (χ2v) is 16.6. The van der Waals surface area contributed by atoms with E-state index in [1.54, 1.807) is 0 Å². The van der Waals surface area contributed by atoms with Gasteiger partial charge in [-0.25, -0.2) is 0 Å². The summed E-state index contributed by atoms with van der Waals surface area (Å²) < 4.78 is 25.1. The smallest absolute Gasteiger partial charge is 0.186 e. The van der Waals surface area contributed by atoms with Crippen molar-refractivity contribution in [3.05, 3.63) is 0 Å². The number of aliphatic hydroxyl groups is 8. The predicted octanol–water partition coefficient (Wildman–Crippen LogP) is -0.211. The monoisotopic (exact) mass is 642 g/mol. The zero-order valence-corrected chi connectivity index (χ0v) is 26.9. The van der Waals surface area contributed by atoms with Crippen molar-refractivity contribution in [2.75, 3.05) is 13.2 Å². The zero-order chi connectivity index (χ0) is 32.5. The molecule has 8 N–H and O–H groups in total. The summed E-state index contributed by atoms with van der Waals surface area (Å²) in [5.74, 6) is 0.203. The van der Waals surface area contributed by atoms with Gasteiger partial charge in [-0.2, -0.15) is 0 Å². The molecule has 3 aliphatic heterocycles. The highest BCUT2D eigenvalue weighted by Crippen LogP contribution is 2.72. The van der Waals surface area contributed by atoms with Gasteiger partial charge in [-0.15, -0.1) is 0 Å². The Kier molecular flexibility index (Phi) is 7.90. The molecule has 0 aromatic carbocycles. The van der Waals surface area contributed by atoms with E-state index in [0.29, 0.717) is 25.2 Å². The summed E-state index contributed by atoms with van der Waals surface area (Å²) in [5.41, 5.74) is -2.89. The van der Waals surface area contributed by atoms with Gasteiger partial charge in [0.25, 0.3) is 0 Å². The zero-order valence-electron chi connectivity index (χ0n) is 26.9. The lowest BCUT2D eigenvalue weighted by Gasteiger charge is -2.66. The van der Waals surface area contributed by atoms with Crippen LogP contribution in [0.5, 0.6) is 0 Å². The third kappa shape index (κ3) is 4.47. The molecule has 0 amide bonds. The van der Waals surface area contributed by atoms with Crippen LogP contribution in [-0.4, -0.2) is 126 Å². The first-order chi connectivity index (χ1) is 21.0. The number of hydrogen-bond acceptors (Lipinski definition) is 12. The second-order valence-electron chi connectivity index (χ2n) is 16.6. The molecule has 7 rings (SSSR count). The Hall–Kier alpha value is -0.480. The van der Waals surface area contributed by atoms with Crippen molar-refractivity contribution < 1.29 is 59.8 Å². The summed E-state index contributed by atoms with van der Waals surface area (Å²) in [4.78, 5) is 0.